The summed E-state index contributed by atoms with van der Waals surface area (Å²) in [5, 5.41) is 0.686. The Balaban J connectivity index is 1.95. The van der Waals surface area contributed by atoms with Gasteiger partial charge in [-0.1, -0.05) is 23.7 Å². The van der Waals surface area contributed by atoms with Crippen LogP contribution in [0.5, 0.6) is 5.75 Å². The number of benzene rings is 2. The minimum absolute atomic E-state index is 0.0435. The van der Waals surface area contributed by atoms with Crippen LogP contribution in [0.4, 0.5) is 5.69 Å². The Morgan fingerprint density at radius 3 is 2.24 bits per heavy atom. The predicted octanol–water partition coefficient (Wildman–Crippen LogP) is 3.68. The fourth-order valence-electron chi connectivity index (χ4n) is 1.62. The van der Waals surface area contributed by atoms with E-state index in [1.807, 2.05) is 24.3 Å². The van der Waals surface area contributed by atoms with Crippen LogP contribution >= 0.6 is 11.6 Å². The molecule has 0 spiro atoms. The zero-order chi connectivity index (χ0) is 15.3. The lowest BCUT2D eigenvalue weighted by molar-refractivity contribution is 0.306. The normalized spacial score (nSPS) is 11.1. The van der Waals surface area contributed by atoms with Gasteiger partial charge in [-0.05, 0) is 48.9 Å². The van der Waals surface area contributed by atoms with E-state index >= 15 is 0 Å². The van der Waals surface area contributed by atoms with Gasteiger partial charge in [0.2, 0.25) is 10.0 Å². The monoisotopic (exact) mass is 325 g/mol. The molecule has 1 N–H and O–H groups in total. The summed E-state index contributed by atoms with van der Waals surface area (Å²) in [5.74, 6) is 0.714. The van der Waals surface area contributed by atoms with E-state index in [-0.39, 0.29) is 5.75 Å². The van der Waals surface area contributed by atoms with Gasteiger partial charge < -0.3 is 4.74 Å². The molecule has 2 aromatic rings. The molecule has 0 heterocycles. The van der Waals surface area contributed by atoms with E-state index in [4.69, 9.17) is 16.3 Å². The molecule has 112 valence electrons. The maximum absolute atomic E-state index is 11.4. The van der Waals surface area contributed by atoms with Crippen molar-refractivity contribution in [3.05, 3.63) is 59.1 Å². The Morgan fingerprint density at radius 1 is 1.05 bits per heavy atom. The molecule has 0 bridgehead atoms. The van der Waals surface area contributed by atoms with Gasteiger partial charge in [0.1, 0.15) is 12.4 Å². The summed E-state index contributed by atoms with van der Waals surface area (Å²) >= 11 is 5.81. The van der Waals surface area contributed by atoms with E-state index in [1.54, 1.807) is 31.2 Å². The van der Waals surface area contributed by atoms with Gasteiger partial charge in [0, 0.05) is 10.7 Å². The topological polar surface area (TPSA) is 55.4 Å². The Labute approximate surface area is 129 Å². The molecule has 4 nitrogen and oxygen atoms in total. The maximum atomic E-state index is 11.4. The second kappa shape index (κ2) is 6.83. The Kier molecular flexibility index (Phi) is 5.09. The van der Waals surface area contributed by atoms with Gasteiger partial charge in [-0.2, -0.15) is 0 Å². The lowest BCUT2D eigenvalue weighted by Gasteiger charge is -2.09. The first-order chi connectivity index (χ1) is 9.98. The second-order valence-corrected chi connectivity index (χ2v) is 6.89. The summed E-state index contributed by atoms with van der Waals surface area (Å²) < 4.78 is 31.0. The molecule has 2 aromatic carbocycles. The number of ether oxygens (including phenoxy) is 1. The highest BCUT2D eigenvalue weighted by molar-refractivity contribution is 7.92. The molecule has 0 aliphatic heterocycles. The average Bonchev–Trinajstić information content (AvgIpc) is 2.48. The highest BCUT2D eigenvalue weighted by Crippen LogP contribution is 2.18. The lowest BCUT2D eigenvalue weighted by Crippen LogP contribution is -2.14. The summed E-state index contributed by atoms with van der Waals surface area (Å²) in [6.07, 6.45) is 0. The molecule has 0 saturated heterocycles. The third-order valence-corrected chi connectivity index (χ3v) is 4.39. The van der Waals surface area contributed by atoms with Crippen LogP contribution in [-0.2, 0) is 16.6 Å². The van der Waals surface area contributed by atoms with Crippen LogP contribution in [0, 0.1) is 0 Å². The summed E-state index contributed by atoms with van der Waals surface area (Å²) in [5.41, 5.74) is 1.53. The molecular formula is C15H16ClNO3S. The summed E-state index contributed by atoms with van der Waals surface area (Å²) in [7, 11) is -3.25. The average molecular weight is 326 g/mol. The number of nitrogens with one attached hydrogen (secondary N) is 1. The SMILES string of the molecule is CCS(=O)(=O)Nc1ccc(OCc2ccc(Cl)cc2)cc1. The van der Waals surface area contributed by atoms with E-state index in [1.165, 1.54) is 0 Å². The molecular weight excluding hydrogens is 310 g/mol. The standard InChI is InChI=1S/C15H16ClNO3S/c1-2-21(18,19)17-14-7-9-15(10-8-14)20-11-12-3-5-13(16)6-4-12/h3-10,17H,2,11H2,1H3. The minimum Gasteiger partial charge on any atom is -0.489 e. The second-order valence-electron chi connectivity index (χ2n) is 4.45. The van der Waals surface area contributed by atoms with Crippen molar-refractivity contribution in [2.45, 2.75) is 13.5 Å². The summed E-state index contributed by atoms with van der Waals surface area (Å²) in [6.45, 7) is 2.02. The molecule has 0 saturated carbocycles. The number of halogens is 1. The predicted molar refractivity (Wildman–Crippen MR) is 85.3 cm³/mol. The third-order valence-electron chi connectivity index (χ3n) is 2.83. The lowest BCUT2D eigenvalue weighted by atomic mass is 10.2. The molecule has 21 heavy (non-hydrogen) atoms. The Bertz CT molecular complexity index is 682. The molecule has 0 amide bonds. The van der Waals surface area contributed by atoms with E-state index in [0.29, 0.717) is 23.1 Å². The highest BCUT2D eigenvalue weighted by Gasteiger charge is 2.06. The zero-order valence-electron chi connectivity index (χ0n) is 11.5. The van der Waals surface area contributed by atoms with Gasteiger partial charge >= 0.3 is 0 Å². The quantitative estimate of drug-likeness (QED) is 0.881. The van der Waals surface area contributed by atoms with E-state index in [2.05, 4.69) is 4.72 Å². The van der Waals surface area contributed by atoms with Crippen LogP contribution in [-0.4, -0.2) is 14.2 Å². The van der Waals surface area contributed by atoms with Crippen molar-refractivity contribution >= 4 is 27.3 Å². The first-order valence-electron chi connectivity index (χ1n) is 6.46. The van der Waals surface area contributed by atoms with Crippen molar-refractivity contribution in [3.63, 3.8) is 0 Å². The zero-order valence-corrected chi connectivity index (χ0v) is 13.1. The van der Waals surface area contributed by atoms with Crippen LogP contribution in [0.15, 0.2) is 48.5 Å². The number of anilines is 1. The van der Waals surface area contributed by atoms with Crippen molar-refractivity contribution in [1.29, 1.82) is 0 Å². The largest absolute Gasteiger partial charge is 0.489 e. The summed E-state index contributed by atoms with van der Waals surface area (Å²) in [6, 6.07) is 14.2. The molecule has 0 fully saturated rings. The number of sulfonamides is 1. The molecule has 0 atom stereocenters. The molecule has 0 unspecified atom stereocenters. The van der Waals surface area contributed by atoms with Gasteiger partial charge in [-0.3, -0.25) is 4.72 Å². The molecule has 0 aliphatic rings. The van der Waals surface area contributed by atoms with E-state index in [9.17, 15) is 8.42 Å². The van der Waals surface area contributed by atoms with Crippen LogP contribution in [0.1, 0.15) is 12.5 Å². The van der Waals surface area contributed by atoms with Crippen molar-refractivity contribution < 1.29 is 13.2 Å². The van der Waals surface area contributed by atoms with Crippen molar-refractivity contribution in [2.75, 3.05) is 10.5 Å². The van der Waals surface area contributed by atoms with Gasteiger partial charge in [-0.25, -0.2) is 8.42 Å². The minimum atomic E-state index is -3.25. The van der Waals surface area contributed by atoms with Crippen molar-refractivity contribution in [3.8, 4) is 5.75 Å². The molecule has 6 heteroatoms. The first-order valence-corrected chi connectivity index (χ1v) is 8.49. The van der Waals surface area contributed by atoms with Gasteiger partial charge in [0.15, 0.2) is 0 Å². The van der Waals surface area contributed by atoms with Crippen LogP contribution in [0.3, 0.4) is 0 Å². The maximum Gasteiger partial charge on any atom is 0.232 e. The van der Waals surface area contributed by atoms with Crippen molar-refractivity contribution in [2.24, 2.45) is 0 Å². The van der Waals surface area contributed by atoms with Gasteiger partial charge in [0.05, 0.1) is 5.75 Å². The number of hydrogen-bond donors (Lipinski definition) is 1. The number of rotatable bonds is 6. The van der Waals surface area contributed by atoms with Crippen molar-refractivity contribution in [1.82, 2.24) is 0 Å². The molecule has 2 rings (SSSR count). The summed E-state index contributed by atoms with van der Waals surface area (Å²) in [4.78, 5) is 0. The third kappa shape index (κ3) is 4.95. The smallest absolute Gasteiger partial charge is 0.232 e. The van der Waals surface area contributed by atoms with Crippen LogP contribution in [0.25, 0.3) is 0 Å². The van der Waals surface area contributed by atoms with Crippen LogP contribution < -0.4 is 9.46 Å². The van der Waals surface area contributed by atoms with Gasteiger partial charge in [-0.15, -0.1) is 0 Å². The number of hydrogen-bond acceptors (Lipinski definition) is 3. The molecule has 0 radical (unpaired) electrons. The fraction of sp³-hybridized carbons (Fsp3) is 0.200. The Hall–Kier alpha value is -1.72. The molecule has 0 aliphatic carbocycles. The van der Waals surface area contributed by atoms with E-state index in [0.717, 1.165) is 5.56 Å². The Morgan fingerprint density at radius 2 is 1.67 bits per heavy atom. The fourth-order valence-corrected chi connectivity index (χ4v) is 2.38. The van der Waals surface area contributed by atoms with Crippen LogP contribution in [0.2, 0.25) is 5.02 Å². The van der Waals surface area contributed by atoms with Gasteiger partial charge in [0.25, 0.3) is 0 Å². The highest BCUT2D eigenvalue weighted by atomic mass is 35.5. The molecule has 0 aromatic heterocycles. The van der Waals surface area contributed by atoms with E-state index < -0.39 is 10.0 Å². The first kappa shape index (κ1) is 15.7.